The van der Waals surface area contributed by atoms with Crippen LogP contribution in [0.2, 0.25) is 19.6 Å². The summed E-state index contributed by atoms with van der Waals surface area (Å²) < 4.78 is 6.28. The number of pyridine rings is 3. The normalized spacial score (nSPS) is 13.5. The summed E-state index contributed by atoms with van der Waals surface area (Å²) in [4.78, 5) is 14.3. The minimum atomic E-state index is -1.34. The SMILES string of the molecule is CC(C)c1cc(-c2[c-]cccc2)ncc1[Si](C)(C)C.[Ir].[c-]1ccc2c(oc3ccc(-c4ccccc4)nc32)c1-c1cc(CC2CCCCC2)ccn1. The largest absolute Gasteiger partial charge is 0.499 e. The molecule has 1 fully saturated rings. The van der Waals surface area contributed by atoms with Crippen molar-refractivity contribution in [2.45, 2.75) is 77.9 Å². The Hall–Kier alpha value is -4.22. The van der Waals surface area contributed by atoms with Crippen molar-refractivity contribution in [3.63, 3.8) is 0 Å². The fraction of sp³-hybridized carbons (Fsp3) is 0.283. The van der Waals surface area contributed by atoms with E-state index in [9.17, 15) is 0 Å². The van der Waals surface area contributed by atoms with Gasteiger partial charge in [0.25, 0.3) is 0 Å². The maximum absolute atomic E-state index is 6.28. The topological polar surface area (TPSA) is 51.8 Å². The molecule has 52 heavy (non-hydrogen) atoms. The van der Waals surface area contributed by atoms with Gasteiger partial charge in [-0.25, -0.2) is 4.98 Å². The third-order valence-corrected chi connectivity index (χ3v) is 12.1. The van der Waals surface area contributed by atoms with Gasteiger partial charge in [0, 0.05) is 38.1 Å². The second-order valence-electron chi connectivity index (χ2n) is 15.2. The van der Waals surface area contributed by atoms with Gasteiger partial charge in [-0.2, -0.15) is 0 Å². The van der Waals surface area contributed by atoms with Crippen LogP contribution >= 0.6 is 0 Å². The first-order chi connectivity index (χ1) is 24.7. The van der Waals surface area contributed by atoms with Crippen molar-refractivity contribution in [2.24, 2.45) is 5.92 Å². The standard InChI is InChI=1S/C29H25N2O.C17H22NSi.Ir/c1-3-8-20(9-4-1)18-21-16-17-30-26(19-21)23-12-7-13-24-28-27(32-29(23)24)15-14-25(31-28)22-10-5-2-6-11-22;1-13(2)15-11-16(14-9-7-6-8-10-14)18-12-17(15)19(3,4)5;/h2,5-7,10-11,13-17,19-20H,1,3-4,8-9,18H2;6-9,11-13H,1-5H3;/q2*-1;. The minimum absolute atomic E-state index is 0. The van der Waals surface area contributed by atoms with Gasteiger partial charge in [0.2, 0.25) is 0 Å². The van der Waals surface area contributed by atoms with Crippen molar-refractivity contribution in [3.8, 4) is 33.8 Å². The summed E-state index contributed by atoms with van der Waals surface area (Å²) in [6, 6.07) is 39.6. The maximum atomic E-state index is 6.28. The van der Waals surface area contributed by atoms with Crippen molar-refractivity contribution in [1.82, 2.24) is 15.0 Å². The van der Waals surface area contributed by atoms with E-state index in [2.05, 4.69) is 98.2 Å². The molecule has 0 saturated heterocycles. The second-order valence-corrected chi connectivity index (χ2v) is 20.2. The number of furan rings is 1. The van der Waals surface area contributed by atoms with Crippen molar-refractivity contribution in [2.75, 3.05) is 0 Å². The van der Waals surface area contributed by atoms with Gasteiger partial charge >= 0.3 is 0 Å². The van der Waals surface area contributed by atoms with E-state index in [0.717, 1.165) is 68.2 Å². The zero-order valence-corrected chi connectivity index (χ0v) is 34.3. The molecule has 1 aliphatic carbocycles. The summed E-state index contributed by atoms with van der Waals surface area (Å²) >= 11 is 0. The van der Waals surface area contributed by atoms with E-state index in [4.69, 9.17) is 9.40 Å². The number of nitrogens with zero attached hydrogens (tertiary/aromatic N) is 3. The van der Waals surface area contributed by atoms with Gasteiger partial charge in [-0.3, -0.25) is 0 Å². The minimum Gasteiger partial charge on any atom is -0.499 e. The first kappa shape index (κ1) is 37.5. The summed E-state index contributed by atoms with van der Waals surface area (Å²) in [6.07, 6.45) is 12.0. The van der Waals surface area contributed by atoms with Crippen LogP contribution in [0, 0.1) is 18.1 Å². The van der Waals surface area contributed by atoms with Crippen LogP contribution in [0.3, 0.4) is 0 Å². The number of hydrogen-bond acceptors (Lipinski definition) is 4. The summed E-state index contributed by atoms with van der Waals surface area (Å²) in [6.45, 7) is 11.7. The molecular formula is C46H47IrN3OSi-2. The van der Waals surface area contributed by atoms with Crippen LogP contribution in [0.1, 0.15) is 63.0 Å². The molecule has 1 saturated carbocycles. The van der Waals surface area contributed by atoms with Crippen LogP contribution < -0.4 is 5.19 Å². The van der Waals surface area contributed by atoms with Crippen LogP contribution in [0.5, 0.6) is 0 Å². The van der Waals surface area contributed by atoms with Gasteiger partial charge < -0.3 is 14.4 Å². The zero-order chi connectivity index (χ0) is 35.4. The Morgan fingerprint density at radius 1 is 0.788 bits per heavy atom. The van der Waals surface area contributed by atoms with E-state index in [-0.39, 0.29) is 20.1 Å². The van der Waals surface area contributed by atoms with E-state index in [1.807, 2.05) is 66.9 Å². The second kappa shape index (κ2) is 16.6. The molecule has 1 radical (unpaired) electrons. The Balaban J connectivity index is 0.000000200. The van der Waals surface area contributed by atoms with E-state index >= 15 is 0 Å². The fourth-order valence-corrected chi connectivity index (χ4v) is 8.98. The molecular weight excluding hydrogens is 831 g/mol. The van der Waals surface area contributed by atoms with Crippen LogP contribution in [0.15, 0.2) is 114 Å². The molecule has 4 heterocycles. The Labute approximate surface area is 323 Å². The number of aromatic nitrogens is 3. The Morgan fingerprint density at radius 2 is 1.58 bits per heavy atom. The molecule has 3 aromatic carbocycles. The Bertz CT molecular complexity index is 2240. The third kappa shape index (κ3) is 8.52. The van der Waals surface area contributed by atoms with Crippen LogP contribution in [-0.2, 0) is 26.5 Å². The predicted molar refractivity (Wildman–Crippen MR) is 215 cm³/mol. The zero-order valence-electron chi connectivity index (χ0n) is 30.9. The molecule has 4 nitrogen and oxygen atoms in total. The summed E-state index contributed by atoms with van der Waals surface area (Å²) in [5.41, 5.74) is 11.3. The van der Waals surface area contributed by atoms with E-state index in [0.29, 0.717) is 5.92 Å². The summed E-state index contributed by atoms with van der Waals surface area (Å²) in [5, 5.41) is 2.48. The van der Waals surface area contributed by atoms with Crippen molar-refractivity contribution in [3.05, 3.63) is 133 Å². The quantitative estimate of drug-likeness (QED) is 0.118. The number of benzene rings is 3. The molecule has 267 valence electrons. The van der Waals surface area contributed by atoms with Crippen molar-refractivity contribution >= 4 is 35.3 Å². The smallest absolute Gasteiger partial charge is 0.139 e. The average Bonchev–Trinajstić information content (AvgIpc) is 3.54. The molecule has 0 amide bonds. The fourth-order valence-electron chi connectivity index (χ4n) is 7.31. The Morgan fingerprint density at radius 3 is 2.31 bits per heavy atom. The molecule has 0 atom stereocenters. The number of hydrogen-bond donors (Lipinski definition) is 0. The van der Waals surface area contributed by atoms with Crippen LogP contribution in [0.25, 0.3) is 55.8 Å². The van der Waals surface area contributed by atoms with Gasteiger partial charge in [0.15, 0.2) is 0 Å². The van der Waals surface area contributed by atoms with Gasteiger partial charge in [0.05, 0.1) is 24.9 Å². The van der Waals surface area contributed by atoms with Crippen molar-refractivity contribution < 1.29 is 24.5 Å². The summed E-state index contributed by atoms with van der Waals surface area (Å²) in [7, 11) is -1.34. The van der Waals surface area contributed by atoms with E-state index in [1.165, 1.54) is 48.4 Å². The van der Waals surface area contributed by atoms with Gasteiger partial charge in [-0.05, 0) is 58.4 Å². The number of fused-ring (bicyclic) bond motifs is 3. The van der Waals surface area contributed by atoms with Crippen LogP contribution in [-0.4, -0.2) is 23.0 Å². The molecule has 6 heteroatoms. The third-order valence-electron chi connectivity index (χ3n) is 10.0. The Kier molecular flexibility index (Phi) is 12.0. The van der Waals surface area contributed by atoms with Crippen molar-refractivity contribution in [1.29, 1.82) is 0 Å². The van der Waals surface area contributed by atoms with E-state index < -0.39 is 8.07 Å². The first-order valence-corrected chi connectivity index (χ1v) is 22.0. The van der Waals surface area contributed by atoms with Gasteiger partial charge in [-0.15, -0.1) is 54.1 Å². The summed E-state index contributed by atoms with van der Waals surface area (Å²) in [5.74, 6) is 1.33. The van der Waals surface area contributed by atoms with Crippen LogP contribution in [0.4, 0.5) is 0 Å². The van der Waals surface area contributed by atoms with Gasteiger partial charge in [0.1, 0.15) is 5.58 Å². The maximum Gasteiger partial charge on any atom is 0.139 e. The molecule has 8 rings (SSSR count). The predicted octanol–water partition coefficient (Wildman–Crippen LogP) is 11.8. The average molecular weight is 878 g/mol. The molecule has 0 spiro atoms. The van der Waals surface area contributed by atoms with E-state index in [1.54, 1.807) is 0 Å². The number of rotatable bonds is 7. The molecule has 7 aromatic rings. The molecule has 0 N–H and O–H groups in total. The molecule has 1 aliphatic rings. The molecule has 0 bridgehead atoms. The monoisotopic (exact) mass is 878 g/mol. The molecule has 4 aromatic heterocycles. The first-order valence-electron chi connectivity index (χ1n) is 18.5. The molecule has 0 aliphatic heterocycles. The van der Waals surface area contributed by atoms with Gasteiger partial charge in [-0.1, -0.05) is 125 Å². The molecule has 0 unspecified atom stereocenters.